The summed E-state index contributed by atoms with van der Waals surface area (Å²) in [6.45, 7) is 8.50. The van der Waals surface area contributed by atoms with Gasteiger partial charge in [-0.25, -0.2) is 0 Å². The average molecular weight is 390 g/mol. The van der Waals surface area contributed by atoms with Gasteiger partial charge in [0.25, 0.3) is 5.91 Å². The zero-order valence-corrected chi connectivity index (χ0v) is 17.2. The molecule has 1 heterocycles. The molecule has 0 unspecified atom stereocenters. The van der Waals surface area contributed by atoms with Crippen molar-refractivity contribution >= 4 is 11.6 Å². The Labute approximate surface area is 171 Å². The summed E-state index contributed by atoms with van der Waals surface area (Å²) in [5.74, 6) is 2.04. The van der Waals surface area contributed by atoms with Gasteiger partial charge < -0.3 is 14.8 Å². The predicted octanol–water partition coefficient (Wildman–Crippen LogP) is 5.96. The Bertz CT molecular complexity index is 999. The van der Waals surface area contributed by atoms with Gasteiger partial charge in [0.15, 0.2) is 11.5 Å². The number of nitrogens with one attached hydrogen (secondary N) is 1. The van der Waals surface area contributed by atoms with Crippen molar-refractivity contribution in [1.29, 1.82) is 0 Å². The third kappa shape index (κ3) is 5.13. The van der Waals surface area contributed by atoms with E-state index >= 15 is 0 Å². The van der Waals surface area contributed by atoms with Crippen LogP contribution in [0, 0.1) is 6.92 Å². The number of benzene rings is 2. The van der Waals surface area contributed by atoms with Crippen molar-refractivity contribution in [3.63, 3.8) is 0 Å². The van der Waals surface area contributed by atoms with Crippen molar-refractivity contribution in [2.45, 2.75) is 33.6 Å². The fraction of sp³-hybridized carbons (Fsp3) is 0.250. The number of carbonyl (C=O) groups is 1. The topological polar surface area (TPSA) is 60.5 Å². The number of para-hydroxylation sites is 2. The van der Waals surface area contributed by atoms with Crippen LogP contribution >= 0.6 is 0 Å². The van der Waals surface area contributed by atoms with E-state index < -0.39 is 0 Å². The van der Waals surface area contributed by atoms with E-state index in [9.17, 15) is 4.79 Å². The average Bonchev–Trinajstić information content (AvgIpc) is 2.69. The van der Waals surface area contributed by atoms with E-state index in [0.29, 0.717) is 46.7 Å². The van der Waals surface area contributed by atoms with Crippen LogP contribution in [0.15, 0.2) is 60.7 Å². The lowest BCUT2D eigenvalue weighted by molar-refractivity contribution is 0.102. The van der Waals surface area contributed by atoms with E-state index in [1.54, 1.807) is 6.07 Å². The molecule has 0 aliphatic heterocycles. The minimum Gasteiger partial charge on any atom is -0.490 e. The molecule has 5 heteroatoms. The first kappa shape index (κ1) is 20.4. The Kier molecular flexibility index (Phi) is 6.50. The number of aryl methyl sites for hydroxylation is 1. The molecular formula is C24H26N2O3. The van der Waals surface area contributed by atoms with E-state index in [0.717, 1.165) is 5.69 Å². The molecule has 1 N–H and O–H groups in total. The SMILES string of the molecule is CCOc1ccccc1Oc1cccc(NC(=O)c2ccc(C(C)C)nc2C)c1. The molecule has 2 aromatic carbocycles. The summed E-state index contributed by atoms with van der Waals surface area (Å²) in [6.07, 6.45) is 0. The van der Waals surface area contributed by atoms with E-state index in [1.807, 2.05) is 68.4 Å². The van der Waals surface area contributed by atoms with Gasteiger partial charge in [-0.3, -0.25) is 9.78 Å². The maximum absolute atomic E-state index is 12.7. The van der Waals surface area contributed by atoms with Crippen LogP contribution in [0.1, 0.15) is 48.4 Å². The van der Waals surface area contributed by atoms with Gasteiger partial charge in [0.1, 0.15) is 5.75 Å². The summed E-state index contributed by atoms with van der Waals surface area (Å²) in [5.41, 5.74) is 2.89. The first-order valence-electron chi connectivity index (χ1n) is 9.76. The number of hydrogen-bond acceptors (Lipinski definition) is 4. The van der Waals surface area contributed by atoms with Crippen molar-refractivity contribution in [2.75, 3.05) is 11.9 Å². The van der Waals surface area contributed by atoms with Gasteiger partial charge in [0.05, 0.1) is 17.9 Å². The van der Waals surface area contributed by atoms with Crippen LogP contribution in [0.4, 0.5) is 5.69 Å². The quantitative estimate of drug-likeness (QED) is 0.541. The number of hydrogen-bond donors (Lipinski definition) is 1. The Morgan fingerprint density at radius 1 is 1.03 bits per heavy atom. The van der Waals surface area contributed by atoms with Crippen LogP contribution < -0.4 is 14.8 Å². The summed E-state index contributed by atoms with van der Waals surface area (Å²) in [7, 11) is 0. The smallest absolute Gasteiger partial charge is 0.257 e. The van der Waals surface area contributed by atoms with E-state index in [4.69, 9.17) is 9.47 Å². The summed E-state index contributed by atoms with van der Waals surface area (Å²) in [6, 6.07) is 18.5. The Morgan fingerprint density at radius 3 is 2.48 bits per heavy atom. The summed E-state index contributed by atoms with van der Waals surface area (Å²) >= 11 is 0. The van der Waals surface area contributed by atoms with Crippen LogP contribution in [0.3, 0.4) is 0 Å². The molecule has 0 radical (unpaired) electrons. The molecular weight excluding hydrogens is 364 g/mol. The van der Waals surface area contributed by atoms with Crippen molar-refractivity contribution < 1.29 is 14.3 Å². The molecule has 0 fully saturated rings. The fourth-order valence-electron chi connectivity index (χ4n) is 2.91. The summed E-state index contributed by atoms with van der Waals surface area (Å²) < 4.78 is 11.6. The van der Waals surface area contributed by atoms with Crippen LogP contribution in [0.5, 0.6) is 17.2 Å². The van der Waals surface area contributed by atoms with Gasteiger partial charge in [-0.15, -0.1) is 0 Å². The highest BCUT2D eigenvalue weighted by Crippen LogP contribution is 2.32. The van der Waals surface area contributed by atoms with E-state index in [-0.39, 0.29) is 5.91 Å². The fourth-order valence-corrected chi connectivity index (χ4v) is 2.91. The second kappa shape index (κ2) is 9.24. The molecule has 0 aliphatic carbocycles. The van der Waals surface area contributed by atoms with Gasteiger partial charge in [-0.05, 0) is 56.2 Å². The highest BCUT2D eigenvalue weighted by atomic mass is 16.5. The number of aromatic nitrogens is 1. The first-order valence-corrected chi connectivity index (χ1v) is 9.76. The number of amides is 1. The standard InChI is InChI=1S/C24H26N2O3/c1-5-28-22-11-6-7-12-23(22)29-19-10-8-9-18(15-19)26-24(27)20-13-14-21(16(2)3)25-17(20)4/h6-16H,5H2,1-4H3,(H,26,27). The molecule has 1 amide bonds. The lowest BCUT2D eigenvalue weighted by Crippen LogP contribution is -2.14. The maximum atomic E-state index is 12.7. The monoisotopic (exact) mass is 390 g/mol. The Morgan fingerprint density at radius 2 is 1.79 bits per heavy atom. The molecule has 1 aromatic heterocycles. The highest BCUT2D eigenvalue weighted by Gasteiger charge is 2.13. The number of carbonyl (C=O) groups excluding carboxylic acids is 1. The minimum atomic E-state index is -0.197. The molecule has 5 nitrogen and oxygen atoms in total. The van der Waals surface area contributed by atoms with Gasteiger partial charge in [0.2, 0.25) is 0 Å². The third-order valence-electron chi connectivity index (χ3n) is 4.41. The highest BCUT2D eigenvalue weighted by molar-refractivity contribution is 6.05. The molecule has 3 rings (SSSR count). The van der Waals surface area contributed by atoms with Gasteiger partial charge in [0, 0.05) is 17.4 Å². The normalized spacial score (nSPS) is 10.7. The van der Waals surface area contributed by atoms with Gasteiger partial charge in [-0.2, -0.15) is 0 Å². The zero-order valence-electron chi connectivity index (χ0n) is 17.2. The zero-order chi connectivity index (χ0) is 20.8. The molecule has 3 aromatic rings. The molecule has 0 aliphatic rings. The Hall–Kier alpha value is -3.34. The molecule has 0 atom stereocenters. The molecule has 29 heavy (non-hydrogen) atoms. The van der Waals surface area contributed by atoms with Crippen LogP contribution in [0.2, 0.25) is 0 Å². The number of nitrogens with zero attached hydrogens (tertiary/aromatic N) is 1. The van der Waals surface area contributed by atoms with Gasteiger partial charge in [-0.1, -0.05) is 32.0 Å². The van der Waals surface area contributed by atoms with Crippen LogP contribution in [-0.4, -0.2) is 17.5 Å². The van der Waals surface area contributed by atoms with Crippen molar-refractivity contribution in [2.24, 2.45) is 0 Å². The van der Waals surface area contributed by atoms with Crippen LogP contribution in [0.25, 0.3) is 0 Å². The first-order chi connectivity index (χ1) is 14.0. The second-order valence-corrected chi connectivity index (χ2v) is 6.99. The van der Waals surface area contributed by atoms with Crippen LogP contribution in [-0.2, 0) is 0 Å². The molecule has 150 valence electrons. The number of ether oxygens (including phenoxy) is 2. The molecule has 0 bridgehead atoms. The van der Waals surface area contributed by atoms with Crippen molar-refractivity contribution in [3.8, 4) is 17.2 Å². The molecule has 0 spiro atoms. The maximum Gasteiger partial charge on any atom is 0.257 e. The number of rotatable bonds is 7. The van der Waals surface area contributed by atoms with Gasteiger partial charge >= 0.3 is 0 Å². The van der Waals surface area contributed by atoms with Crippen molar-refractivity contribution in [1.82, 2.24) is 4.98 Å². The van der Waals surface area contributed by atoms with Crippen molar-refractivity contribution in [3.05, 3.63) is 77.6 Å². The lowest BCUT2D eigenvalue weighted by atomic mass is 10.1. The van der Waals surface area contributed by atoms with E-state index in [1.165, 1.54) is 0 Å². The lowest BCUT2D eigenvalue weighted by Gasteiger charge is -2.13. The largest absolute Gasteiger partial charge is 0.490 e. The summed E-state index contributed by atoms with van der Waals surface area (Å²) in [5, 5.41) is 2.92. The minimum absolute atomic E-state index is 0.197. The predicted molar refractivity (Wildman–Crippen MR) is 115 cm³/mol. The molecule has 0 saturated heterocycles. The third-order valence-corrected chi connectivity index (χ3v) is 4.41. The molecule has 0 saturated carbocycles. The number of anilines is 1. The van der Waals surface area contributed by atoms with E-state index in [2.05, 4.69) is 24.1 Å². The Balaban J connectivity index is 1.76. The summed E-state index contributed by atoms with van der Waals surface area (Å²) in [4.78, 5) is 17.2. The second-order valence-electron chi connectivity index (χ2n) is 6.99. The number of pyridine rings is 1.